The molecule has 6 heteroatoms. The third-order valence-corrected chi connectivity index (χ3v) is 2.96. The topological polar surface area (TPSA) is 98.2 Å². The Balaban J connectivity index is 2.09. The molecule has 2 aromatic carbocycles. The molecule has 0 atom stereocenters. The fourth-order valence-electron chi connectivity index (χ4n) is 1.85. The van der Waals surface area contributed by atoms with Crippen molar-refractivity contribution in [3.63, 3.8) is 0 Å². The van der Waals surface area contributed by atoms with E-state index in [1.54, 1.807) is 24.3 Å². The summed E-state index contributed by atoms with van der Waals surface area (Å²) in [6.07, 6.45) is 0. The summed E-state index contributed by atoms with van der Waals surface area (Å²) < 4.78 is 13.3. The molecule has 5 N–H and O–H groups in total. The van der Waals surface area contributed by atoms with Crippen molar-refractivity contribution in [2.45, 2.75) is 6.54 Å². The fourth-order valence-corrected chi connectivity index (χ4v) is 1.85. The maximum absolute atomic E-state index is 13.3. The summed E-state index contributed by atoms with van der Waals surface area (Å²) in [4.78, 5) is 23.0. The van der Waals surface area contributed by atoms with E-state index >= 15 is 0 Å². The monoisotopic (exact) mass is 287 g/mol. The van der Waals surface area contributed by atoms with Crippen molar-refractivity contribution in [2.24, 2.45) is 5.73 Å². The number of primary amides is 1. The second-order valence-electron chi connectivity index (χ2n) is 4.45. The predicted octanol–water partition coefficient (Wildman–Crippen LogP) is 1.44. The van der Waals surface area contributed by atoms with Gasteiger partial charge in [0, 0.05) is 12.1 Å². The van der Waals surface area contributed by atoms with Crippen LogP contribution in [0.5, 0.6) is 0 Å². The molecule has 0 saturated heterocycles. The van der Waals surface area contributed by atoms with E-state index in [0.717, 1.165) is 0 Å². The highest BCUT2D eigenvalue weighted by molar-refractivity contribution is 5.99. The number of nitrogens with two attached hydrogens (primary N) is 2. The lowest BCUT2D eigenvalue weighted by Gasteiger charge is -2.08. The quantitative estimate of drug-likeness (QED) is 0.742. The number of anilines is 1. The second-order valence-corrected chi connectivity index (χ2v) is 4.45. The van der Waals surface area contributed by atoms with Crippen LogP contribution in [0.15, 0.2) is 42.5 Å². The Labute approximate surface area is 120 Å². The smallest absolute Gasteiger partial charge is 0.253 e. The van der Waals surface area contributed by atoms with E-state index in [0.29, 0.717) is 11.1 Å². The lowest BCUT2D eigenvalue weighted by atomic mass is 10.1. The molecular weight excluding hydrogens is 273 g/mol. The average Bonchev–Trinajstić information content (AvgIpc) is 2.48. The first-order valence-corrected chi connectivity index (χ1v) is 6.20. The Bertz CT molecular complexity index is 701. The summed E-state index contributed by atoms with van der Waals surface area (Å²) in [6, 6.07) is 10.6. The van der Waals surface area contributed by atoms with Gasteiger partial charge in [-0.3, -0.25) is 9.59 Å². The van der Waals surface area contributed by atoms with Crippen LogP contribution in [0.3, 0.4) is 0 Å². The molecule has 0 radical (unpaired) electrons. The van der Waals surface area contributed by atoms with E-state index in [2.05, 4.69) is 5.32 Å². The molecular formula is C15H14FN3O2. The molecule has 0 aliphatic carbocycles. The number of halogens is 1. The Morgan fingerprint density at radius 1 is 1.14 bits per heavy atom. The zero-order valence-electron chi connectivity index (χ0n) is 11.1. The number of rotatable bonds is 4. The van der Waals surface area contributed by atoms with Gasteiger partial charge in [-0.25, -0.2) is 4.39 Å². The van der Waals surface area contributed by atoms with Crippen molar-refractivity contribution in [2.75, 3.05) is 5.73 Å². The van der Waals surface area contributed by atoms with Gasteiger partial charge in [0.15, 0.2) is 0 Å². The van der Waals surface area contributed by atoms with Crippen molar-refractivity contribution >= 4 is 17.5 Å². The summed E-state index contributed by atoms with van der Waals surface area (Å²) >= 11 is 0. The zero-order chi connectivity index (χ0) is 15.4. The predicted molar refractivity (Wildman–Crippen MR) is 76.9 cm³/mol. The first-order valence-electron chi connectivity index (χ1n) is 6.20. The SMILES string of the molecule is NC(=O)c1cccc(CNC(=O)c2cccc(F)c2N)c1. The van der Waals surface area contributed by atoms with Gasteiger partial charge in [0.05, 0.1) is 11.3 Å². The van der Waals surface area contributed by atoms with Gasteiger partial charge in [-0.1, -0.05) is 18.2 Å². The molecule has 2 amide bonds. The van der Waals surface area contributed by atoms with Crippen LogP contribution in [0.25, 0.3) is 0 Å². The number of carbonyl (C=O) groups excluding carboxylic acids is 2. The van der Waals surface area contributed by atoms with Gasteiger partial charge >= 0.3 is 0 Å². The molecule has 0 heterocycles. The summed E-state index contributed by atoms with van der Waals surface area (Å²) in [5, 5.41) is 2.61. The van der Waals surface area contributed by atoms with Crippen molar-refractivity contribution in [3.8, 4) is 0 Å². The van der Waals surface area contributed by atoms with Crippen LogP contribution < -0.4 is 16.8 Å². The molecule has 0 spiro atoms. The highest BCUT2D eigenvalue weighted by Gasteiger charge is 2.12. The minimum Gasteiger partial charge on any atom is -0.396 e. The second kappa shape index (κ2) is 6.04. The molecule has 0 fully saturated rings. The van der Waals surface area contributed by atoms with Crippen molar-refractivity contribution in [3.05, 3.63) is 65.0 Å². The van der Waals surface area contributed by atoms with Crippen LogP contribution in [-0.2, 0) is 6.54 Å². The van der Waals surface area contributed by atoms with Crippen LogP contribution in [0.2, 0.25) is 0 Å². The largest absolute Gasteiger partial charge is 0.396 e. The molecule has 0 aromatic heterocycles. The Hall–Kier alpha value is -2.89. The first kappa shape index (κ1) is 14.5. The maximum Gasteiger partial charge on any atom is 0.253 e. The molecule has 0 unspecified atom stereocenters. The van der Waals surface area contributed by atoms with Gasteiger partial charge in [-0.2, -0.15) is 0 Å². The first-order chi connectivity index (χ1) is 9.99. The van der Waals surface area contributed by atoms with E-state index in [9.17, 15) is 14.0 Å². The molecule has 108 valence electrons. The molecule has 0 bridgehead atoms. The molecule has 21 heavy (non-hydrogen) atoms. The Morgan fingerprint density at radius 3 is 2.57 bits per heavy atom. The number of amides is 2. The molecule has 2 rings (SSSR count). The summed E-state index contributed by atoms with van der Waals surface area (Å²) in [6.45, 7) is 0.176. The lowest BCUT2D eigenvalue weighted by molar-refractivity contribution is 0.0950. The minimum absolute atomic E-state index is 0.0704. The number of hydrogen-bond donors (Lipinski definition) is 3. The Kier molecular flexibility index (Phi) is 4.18. The summed E-state index contributed by atoms with van der Waals surface area (Å²) in [5.41, 5.74) is 11.6. The van der Waals surface area contributed by atoms with E-state index in [-0.39, 0.29) is 17.8 Å². The summed E-state index contributed by atoms with van der Waals surface area (Å²) in [7, 11) is 0. The lowest BCUT2D eigenvalue weighted by Crippen LogP contribution is -2.24. The van der Waals surface area contributed by atoms with Crippen molar-refractivity contribution in [1.29, 1.82) is 0 Å². The number of carbonyl (C=O) groups is 2. The summed E-state index contributed by atoms with van der Waals surface area (Å²) in [5.74, 6) is -1.67. The van der Waals surface area contributed by atoms with E-state index in [1.807, 2.05) is 0 Å². The van der Waals surface area contributed by atoms with Crippen LogP contribution in [0.4, 0.5) is 10.1 Å². The van der Waals surface area contributed by atoms with Crippen LogP contribution in [0.1, 0.15) is 26.3 Å². The normalized spacial score (nSPS) is 10.1. The van der Waals surface area contributed by atoms with Gasteiger partial charge < -0.3 is 16.8 Å². The molecule has 0 saturated carbocycles. The Morgan fingerprint density at radius 2 is 1.86 bits per heavy atom. The third kappa shape index (κ3) is 3.36. The van der Waals surface area contributed by atoms with Gasteiger partial charge in [-0.05, 0) is 29.8 Å². The highest BCUT2D eigenvalue weighted by Crippen LogP contribution is 2.15. The zero-order valence-corrected chi connectivity index (χ0v) is 11.1. The van der Waals surface area contributed by atoms with Crippen LogP contribution in [0, 0.1) is 5.82 Å². The van der Waals surface area contributed by atoms with Crippen molar-refractivity contribution in [1.82, 2.24) is 5.32 Å². The number of nitrogen functional groups attached to an aromatic ring is 1. The molecule has 0 aliphatic rings. The number of para-hydroxylation sites is 1. The number of nitrogens with one attached hydrogen (secondary N) is 1. The number of benzene rings is 2. The van der Waals surface area contributed by atoms with Gasteiger partial charge in [0.2, 0.25) is 5.91 Å². The van der Waals surface area contributed by atoms with Crippen molar-refractivity contribution < 1.29 is 14.0 Å². The van der Waals surface area contributed by atoms with Crippen LogP contribution in [-0.4, -0.2) is 11.8 Å². The van der Waals surface area contributed by atoms with E-state index in [4.69, 9.17) is 11.5 Å². The van der Waals surface area contributed by atoms with Gasteiger partial charge in [0.1, 0.15) is 5.82 Å². The fraction of sp³-hybridized carbons (Fsp3) is 0.0667. The average molecular weight is 287 g/mol. The van der Waals surface area contributed by atoms with Gasteiger partial charge in [0.25, 0.3) is 5.91 Å². The van der Waals surface area contributed by atoms with Gasteiger partial charge in [-0.15, -0.1) is 0 Å². The highest BCUT2D eigenvalue weighted by atomic mass is 19.1. The third-order valence-electron chi connectivity index (χ3n) is 2.96. The van der Waals surface area contributed by atoms with Crippen LogP contribution >= 0.6 is 0 Å². The standard InChI is InChI=1S/C15H14FN3O2/c16-12-6-2-5-11(13(12)17)15(21)19-8-9-3-1-4-10(7-9)14(18)20/h1-7H,8,17H2,(H2,18,20)(H,19,21). The molecule has 0 aliphatic heterocycles. The number of hydrogen-bond acceptors (Lipinski definition) is 3. The maximum atomic E-state index is 13.3. The molecule has 2 aromatic rings. The molecule has 5 nitrogen and oxygen atoms in total. The van der Waals surface area contributed by atoms with E-state index < -0.39 is 17.6 Å². The van der Waals surface area contributed by atoms with E-state index in [1.165, 1.54) is 18.2 Å². The minimum atomic E-state index is -0.640.